The maximum absolute atomic E-state index is 11.0. The molecule has 1 unspecified atom stereocenters. The van der Waals surface area contributed by atoms with Crippen molar-refractivity contribution in [3.63, 3.8) is 0 Å². The van der Waals surface area contributed by atoms with Gasteiger partial charge in [-0.2, -0.15) is 0 Å². The number of cyclic esters (lactones) is 2. The minimum Gasteiger partial charge on any atom is -0.458 e. The fraction of sp³-hybridized carbons (Fsp3) is 0.444. The van der Waals surface area contributed by atoms with Crippen LogP contribution < -0.4 is 0 Å². The van der Waals surface area contributed by atoms with Gasteiger partial charge >= 0.3 is 17.9 Å². The zero-order valence-electron chi connectivity index (χ0n) is 7.93. The van der Waals surface area contributed by atoms with E-state index >= 15 is 0 Å². The Morgan fingerprint density at radius 3 is 2.73 bits per heavy atom. The number of hydrogen-bond donors (Lipinski definition) is 0. The average molecular weight is 214 g/mol. The predicted molar refractivity (Wildman–Crippen MR) is 46.4 cm³/mol. The van der Waals surface area contributed by atoms with Gasteiger partial charge in [-0.1, -0.05) is 6.58 Å². The summed E-state index contributed by atoms with van der Waals surface area (Å²) < 4.78 is 14.0. The first-order valence-electron chi connectivity index (χ1n) is 4.30. The Morgan fingerprint density at radius 2 is 2.07 bits per heavy atom. The molecule has 0 spiro atoms. The molecule has 0 aromatic rings. The SMILES string of the molecule is C=CC(=O)OC1COC(=O)CCC(=O)O1. The molecule has 0 bridgehead atoms. The molecular weight excluding hydrogens is 204 g/mol. The molecule has 0 aliphatic carbocycles. The van der Waals surface area contributed by atoms with Crippen molar-refractivity contribution >= 4 is 17.9 Å². The van der Waals surface area contributed by atoms with E-state index in [9.17, 15) is 14.4 Å². The smallest absolute Gasteiger partial charge is 0.333 e. The molecular formula is C9H10O6. The van der Waals surface area contributed by atoms with E-state index in [-0.39, 0.29) is 19.4 Å². The van der Waals surface area contributed by atoms with Crippen LogP contribution in [0.1, 0.15) is 12.8 Å². The predicted octanol–water partition coefficient (Wildman–Crippen LogP) is -0.0781. The van der Waals surface area contributed by atoms with Crippen LogP contribution in [0.15, 0.2) is 12.7 Å². The van der Waals surface area contributed by atoms with Gasteiger partial charge in [-0.25, -0.2) is 4.79 Å². The van der Waals surface area contributed by atoms with Gasteiger partial charge < -0.3 is 14.2 Å². The summed E-state index contributed by atoms with van der Waals surface area (Å²) in [4.78, 5) is 32.7. The van der Waals surface area contributed by atoms with Gasteiger partial charge in [0.05, 0.1) is 12.8 Å². The molecule has 1 saturated heterocycles. The standard InChI is InChI=1S/C9H10O6/c1-2-6(10)14-9-5-13-7(11)3-4-8(12)15-9/h2,9H,1,3-5H2. The highest BCUT2D eigenvalue weighted by Gasteiger charge is 2.23. The molecule has 1 atom stereocenters. The van der Waals surface area contributed by atoms with Gasteiger partial charge in [0.2, 0.25) is 0 Å². The van der Waals surface area contributed by atoms with Gasteiger partial charge in [0.1, 0.15) is 0 Å². The Morgan fingerprint density at radius 1 is 1.40 bits per heavy atom. The van der Waals surface area contributed by atoms with E-state index in [4.69, 9.17) is 4.74 Å². The first-order valence-corrected chi connectivity index (χ1v) is 4.30. The van der Waals surface area contributed by atoms with Crippen LogP contribution in [-0.4, -0.2) is 30.8 Å². The molecule has 0 amide bonds. The quantitative estimate of drug-likeness (QED) is 0.472. The fourth-order valence-corrected chi connectivity index (χ4v) is 0.913. The molecule has 0 saturated carbocycles. The van der Waals surface area contributed by atoms with E-state index in [1.807, 2.05) is 0 Å². The van der Waals surface area contributed by atoms with E-state index in [1.165, 1.54) is 0 Å². The second-order valence-corrected chi connectivity index (χ2v) is 2.74. The lowest BCUT2D eigenvalue weighted by Crippen LogP contribution is -2.32. The molecule has 1 fully saturated rings. The molecule has 6 heteroatoms. The Labute approximate surface area is 85.8 Å². The van der Waals surface area contributed by atoms with Crippen molar-refractivity contribution in [2.24, 2.45) is 0 Å². The normalized spacial score (nSPS) is 21.7. The van der Waals surface area contributed by atoms with Gasteiger partial charge in [0.25, 0.3) is 6.29 Å². The maximum atomic E-state index is 11.0. The third-order valence-corrected chi connectivity index (χ3v) is 1.59. The largest absolute Gasteiger partial charge is 0.458 e. The molecule has 0 N–H and O–H groups in total. The second-order valence-electron chi connectivity index (χ2n) is 2.74. The zero-order valence-corrected chi connectivity index (χ0v) is 7.93. The summed E-state index contributed by atoms with van der Waals surface area (Å²) in [5.41, 5.74) is 0. The van der Waals surface area contributed by atoms with Gasteiger partial charge in [-0.05, 0) is 0 Å². The van der Waals surface area contributed by atoms with E-state index in [0.29, 0.717) is 0 Å². The Kier molecular flexibility index (Phi) is 3.84. The third-order valence-electron chi connectivity index (χ3n) is 1.59. The lowest BCUT2D eigenvalue weighted by molar-refractivity contribution is -0.200. The van der Waals surface area contributed by atoms with Gasteiger partial charge in [0, 0.05) is 6.08 Å². The molecule has 0 aromatic carbocycles. The molecule has 1 aliphatic heterocycles. The first-order chi connectivity index (χ1) is 7.11. The number of esters is 3. The minimum atomic E-state index is -1.19. The Hall–Kier alpha value is -1.85. The van der Waals surface area contributed by atoms with Crippen LogP contribution >= 0.6 is 0 Å². The molecule has 0 radical (unpaired) electrons. The highest BCUT2D eigenvalue weighted by atomic mass is 16.7. The summed E-state index contributed by atoms with van der Waals surface area (Å²) in [7, 11) is 0. The van der Waals surface area contributed by atoms with Crippen LogP contribution in [0, 0.1) is 0 Å². The maximum Gasteiger partial charge on any atom is 0.333 e. The van der Waals surface area contributed by atoms with Crippen molar-refractivity contribution in [2.75, 3.05) is 6.61 Å². The van der Waals surface area contributed by atoms with E-state index < -0.39 is 24.2 Å². The highest BCUT2D eigenvalue weighted by molar-refractivity contribution is 5.82. The summed E-state index contributed by atoms with van der Waals surface area (Å²) in [5, 5.41) is 0. The molecule has 0 aromatic heterocycles. The number of ether oxygens (including phenoxy) is 3. The molecule has 1 rings (SSSR count). The van der Waals surface area contributed by atoms with E-state index in [2.05, 4.69) is 16.1 Å². The van der Waals surface area contributed by atoms with Gasteiger partial charge in [-0.15, -0.1) is 0 Å². The van der Waals surface area contributed by atoms with Crippen LogP contribution in [-0.2, 0) is 28.6 Å². The summed E-state index contributed by atoms with van der Waals surface area (Å²) in [5.74, 6) is -1.87. The molecule has 1 aliphatic rings. The molecule has 6 nitrogen and oxygen atoms in total. The van der Waals surface area contributed by atoms with Crippen molar-refractivity contribution in [1.29, 1.82) is 0 Å². The lowest BCUT2D eigenvalue weighted by atomic mass is 10.3. The summed E-state index contributed by atoms with van der Waals surface area (Å²) >= 11 is 0. The van der Waals surface area contributed by atoms with Crippen molar-refractivity contribution in [3.8, 4) is 0 Å². The fourth-order valence-electron chi connectivity index (χ4n) is 0.913. The second kappa shape index (κ2) is 5.14. The topological polar surface area (TPSA) is 78.9 Å². The third kappa shape index (κ3) is 3.80. The first kappa shape index (κ1) is 11.2. The number of carbonyl (C=O) groups excluding carboxylic acids is 3. The van der Waals surface area contributed by atoms with Crippen molar-refractivity contribution in [2.45, 2.75) is 19.1 Å². The Bertz CT molecular complexity index is 295. The molecule has 15 heavy (non-hydrogen) atoms. The number of hydrogen-bond acceptors (Lipinski definition) is 6. The zero-order chi connectivity index (χ0) is 11.3. The van der Waals surface area contributed by atoms with Crippen LogP contribution in [0.5, 0.6) is 0 Å². The van der Waals surface area contributed by atoms with Gasteiger partial charge in [0.15, 0.2) is 6.61 Å². The van der Waals surface area contributed by atoms with Crippen LogP contribution in [0.4, 0.5) is 0 Å². The molecule has 82 valence electrons. The monoisotopic (exact) mass is 214 g/mol. The molecule has 1 heterocycles. The van der Waals surface area contributed by atoms with Gasteiger partial charge in [-0.3, -0.25) is 9.59 Å². The van der Waals surface area contributed by atoms with Crippen molar-refractivity contribution < 1.29 is 28.6 Å². The lowest BCUT2D eigenvalue weighted by Gasteiger charge is -2.19. The summed E-state index contributed by atoms with van der Waals surface area (Å²) in [6.45, 7) is 2.89. The Balaban J connectivity index is 2.54. The van der Waals surface area contributed by atoms with Crippen LogP contribution in [0.3, 0.4) is 0 Å². The van der Waals surface area contributed by atoms with Crippen LogP contribution in [0.2, 0.25) is 0 Å². The minimum absolute atomic E-state index is 0.0268. The highest BCUT2D eigenvalue weighted by Crippen LogP contribution is 2.07. The van der Waals surface area contributed by atoms with Crippen LogP contribution in [0.25, 0.3) is 0 Å². The van der Waals surface area contributed by atoms with Crippen molar-refractivity contribution in [3.05, 3.63) is 12.7 Å². The number of rotatable bonds is 2. The average Bonchev–Trinajstić information content (AvgIpc) is 2.20. The van der Waals surface area contributed by atoms with Crippen molar-refractivity contribution in [1.82, 2.24) is 0 Å². The van der Waals surface area contributed by atoms with E-state index in [0.717, 1.165) is 6.08 Å². The summed E-state index contributed by atoms with van der Waals surface area (Å²) in [6, 6.07) is 0. The van der Waals surface area contributed by atoms with E-state index in [1.54, 1.807) is 0 Å². The summed E-state index contributed by atoms with van der Waals surface area (Å²) in [6.07, 6.45) is -0.372. The number of carbonyl (C=O) groups is 3.